The highest BCUT2D eigenvalue weighted by Crippen LogP contribution is 2.43. The van der Waals surface area contributed by atoms with Crippen LogP contribution in [0.5, 0.6) is 0 Å². The van der Waals surface area contributed by atoms with Gasteiger partial charge in [-0.05, 0) is 95.6 Å². The van der Waals surface area contributed by atoms with Gasteiger partial charge in [0.2, 0.25) is 0 Å². The van der Waals surface area contributed by atoms with E-state index in [9.17, 15) is 24.2 Å². The lowest BCUT2D eigenvalue weighted by Gasteiger charge is -2.19. The molecule has 350 valence electrons. The summed E-state index contributed by atoms with van der Waals surface area (Å²) in [4.78, 5) is 35.0. The van der Waals surface area contributed by atoms with E-state index in [1.54, 1.807) is 0 Å². The van der Waals surface area contributed by atoms with Crippen molar-refractivity contribution < 1.29 is 47.1 Å². The van der Waals surface area contributed by atoms with Crippen molar-refractivity contribution in [3.05, 3.63) is 71.3 Å². The van der Waals surface area contributed by atoms with E-state index in [1.165, 1.54) is 80.4 Å². The summed E-state index contributed by atoms with van der Waals surface area (Å²) in [5, 5.41) is 9.57. The number of furan rings is 1. The van der Waals surface area contributed by atoms with E-state index in [2.05, 4.69) is 63.3 Å². The van der Waals surface area contributed by atoms with Crippen LogP contribution in [-0.4, -0.2) is 60.5 Å². The number of nitrogens with two attached hydrogens (primary N) is 1. The Labute approximate surface area is 369 Å². The zero-order valence-corrected chi connectivity index (χ0v) is 39.4. The molecule has 1 rings (SSSR count). The third kappa shape index (κ3) is 31.7. The number of rotatable bonds is 40. The van der Waals surface area contributed by atoms with Crippen LogP contribution < -0.4 is 5.73 Å². The largest absolute Gasteiger partial charge is 0.472 e. The molecular formula is C49H84NO10P. The molecule has 0 aliphatic rings. The van der Waals surface area contributed by atoms with E-state index in [4.69, 9.17) is 28.7 Å². The fraction of sp³-hybridized carbons (Fsp3) is 0.714. The van der Waals surface area contributed by atoms with Crippen molar-refractivity contribution in [1.82, 2.24) is 0 Å². The van der Waals surface area contributed by atoms with Crippen molar-refractivity contribution in [1.29, 1.82) is 0 Å². The number of allylic oxidation sites excluding steroid dienone is 8. The van der Waals surface area contributed by atoms with Crippen LogP contribution in [0, 0.1) is 13.8 Å². The standard InChI is InChI=1S/C49H84NO10P/c1-5-7-28-34-46-42(3)43(4)47(60-46)35-30-25-21-17-14-15-19-23-27-32-37-49(53)59-45(41-58-61(54,55)57-39-38-50)40-56-48(52)36-31-26-22-18-13-11-9-8-10-12-16-20-24-29-33-44(51)6-2/h9-12,18,20,22,24,44-45,51H,5-8,13-17,19,21,23,25-41,50H2,1-4H3,(H,54,55)/b11-9-,12-10-,22-18-,24-20-/t44-,45+/m0/s1. The van der Waals surface area contributed by atoms with Gasteiger partial charge in [-0.25, -0.2) is 4.57 Å². The normalized spacial score (nSPS) is 14.1. The number of carbonyl (C=O) groups excluding carboxylic acids is 2. The molecule has 0 aliphatic carbocycles. The van der Waals surface area contributed by atoms with Crippen LogP contribution in [0.4, 0.5) is 0 Å². The summed E-state index contributed by atoms with van der Waals surface area (Å²) < 4.78 is 39.0. The highest BCUT2D eigenvalue weighted by Gasteiger charge is 2.26. The number of esters is 2. The maximum absolute atomic E-state index is 12.7. The number of aliphatic hydroxyl groups is 1. The molecule has 0 radical (unpaired) electrons. The van der Waals surface area contributed by atoms with Gasteiger partial charge in [0.25, 0.3) is 0 Å². The molecule has 0 aromatic carbocycles. The monoisotopic (exact) mass is 878 g/mol. The first-order chi connectivity index (χ1) is 29.5. The molecule has 0 spiro atoms. The number of ether oxygens (including phenoxy) is 2. The molecule has 1 heterocycles. The summed E-state index contributed by atoms with van der Waals surface area (Å²) in [5.41, 5.74) is 8.03. The Hall–Kier alpha value is -2.79. The zero-order valence-electron chi connectivity index (χ0n) is 38.5. The van der Waals surface area contributed by atoms with Gasteiger partial charge in [-0.2, -0.15) is 0 Å². The van der Waals surface area contributed by atoms with Gasteiger partial charge in [-0.1, -0.05) is 127 Å². The molecule has 0 saturated heterocycles. The first-order valence-electron chi connectivity index (χ1n) is 23.6. The average Bonchev–Trinajstić information content (AvgIpc) is 3.51. The predicted molar refractivity (Wildman–Crippen MR) is 247 cm³/mol. The minimum absolute atomic E-state index is 0.0338. The molecular weight excluding hydrogens is 794 g/mol. The van der Waals surface area contributed by atoms with E-state index < -0.39 is 32.5 Å². The summed E-state index contributed by atoms with van der Waals surface area (Å²) in [5.74, 6) is 1.43. The molecule has 0 amide bonds. The summed E-state index contributed by atoms with van der Waals surface area (Å²) in [6, 6.07) is 0. The molecule has 0 bridgehead atoms. The van der Waals surface area contributed by atoms with Crippen molar-refractivity contribution in [2.24, 2.45) is 5.73 Å². The number of phosphoric acid groups is 1. The molecule has 0 aliphatic heterocycles. The Bertz CT molecular complexity index is 1430. The lowest BCUT2D eigenvalue weighted by Crippen LogP contribution is -2.29. The first kappa shape index (κ1) is 56.2. The molecule has 4 N–H and O–H groups in total. The second kappa shape index (κ2) is 37.7. The van der Waals surface area contributed by atoms with Crippen LogP contribution in [0.3, 0.4) is 0 Å². The molecule has 0 saturated carbocycles. The van der Waals surface area contributed by atoms with Gasteiger partial charge in [0, 0.05) is 32.2 Å². The molecule has 61 heavy (non-hydrogen) atoms. The van der Waals surface area contributed by atoms with Crippen LogP contribution in [0.15, 0.2) is 53.0 Å². The Balaban J connectivity index is 2.26. The lowest BCUT2D eigenvalue weighted by atomic mass is 10.0. The van der Waals surface area contributed by atoms with Gasteiger partial charge in [-0.15, -0.1) is 0 Å². The third-order valence-electron chi connectivity index (χ3n) is 10.6. The van der Waals surface area contributed by atoms with Gasteiger partial charge >= 0.3 is 19.8 Å². The summed E-state index contributed by atoms with van der Waals surface area (Å²) in [6.45, 7) is 7.71. The van der Waals surface area contributed by atoms with E-state index in [0.29, 0.717) is 19.3 Å². The summed E-state index contributed by atoms with van der Waals surface area (Å²) >= 11 is 0. The number of hydrogen-bond donors (Lipinski definition) is 3. The third-order valence-corrected chi connectivity index (χ3v) is 11.6. The van der Waals surface area contributed by atoms with E-state index in [-0.39, 0.29) is 38.7 Å². The fourth-order valence-electron chi connectivity index (χ4n) is 6.61. The van der Waals surface area contributed by atoms with Crippen LogP contribution >= 0.6 is 7.82 Å². The minimum Gasteiger partial charge on any atom is -0.466 e. The molecule has 1 aromatic heterocycles. The quantitative estimate of drug-likeness (QED) is 0.0248. The molecule has 3 atom stereocenters. The van der Waals surface area contributed by atoms with Crippen molar-refractivity contribution >= 4 is 19.8 Å². The first-order valence-corrected chi connectivity index (χ1v) is 25.0. The topological polar surface area (TPSA) is 168 Å². The zero-order chi connectivity index (χ0) is 44.8. The number of phosphoric ester groups is 1. The maximum Gasteiger partial charge on any atom is 0.472 e. The van der Waals surface area contributed by atoms with Gasteiger partial charge < -0.3 is 29.6 Å². The minimum atomic E-state index is -4.41. The fourth-order valence-corrected chi connectivity index (χ4v) is 7.37. The highest BCUT2D eigenvalue weighted by molar-refractivity contribution is 7.47. The predicted octanol–water partition coefficient (Wildman–Crippen LogP) is 12.1. The van der Waals surface area contributed by atoms with Crippen LogP contribution in [0.2, 0.25) is 0 Å². The number of aryl methyl sites for hydroxylation is 2. The molecule has 12 heteroatoms. The maximum atomic E-state index is 12.7. The van der Waals surface area contributed by atoms with E-state index >= 15 is 0 Å². The van der Waals surface area contributed by atoms with Gasteiger partial charge in [-0.3, -0.25) is 18.6 Å². The number of carbonyl (C=O) groups is 2. The van der Waals surface area contributed by atoms with E-state index in [0.717, 1.165) is 70.6 Å². The summed E-state index contributed by atoms with van der Waals surface area (Å²) in [6.07, 6.45) is 39.1. The Morgan fingerprint density at radius 2 is 1.18 bits per heavy atom. The Kier molecular flexibility index (Phi) is 34.8. The molecule has 1 aromatic rings. The van der Waals surface area contributed by atoms with Crippen LogP contribution in [0.25, 0.3) is 0 Å². The van der Waals surface area contributed by atoms with Gasteiger partial charge in [0.05, 0.1) is 19.3 Å². The average molecular weight is 878 g/mol. The molecule has 11 nitrogen and oxygen atoms in total. The number of hydrogen-bond acceptors (Lipinski definition) is 10. The smallest absolute Gasteiger partial charge is 0.466 e. The van der Waals surface area contributed by atoms with Crippen molar-refractivity contribution in [2.45, 2.75) is 200 Å². The van der Waals surface area contributed by atoms with Gasteiger partial charge in [0.15, 0.2) is 6.10 Å². The second-order valence-electron chi connectivity index (χ2n) is 16.0. The molecule has 0 fully saturated rings. The Morgan fingerprint density at radius 3 is 1.74 bits per heavy atom. The SMILES string of the molecule is CCCCCc1oc(CCCCCCCCCCCCC(=O)O[C@H](COC(=O)CCC/C=C\C/C=C\C/C=C\C/C=C\CC[C@@H](O)CC)COP(=O)(O)OCCN)c(C)c1C. The number of unbranched alkanes of at least 4 members (excludes halogenated alkanes) is 12. The Morgan fingerprint density at radius 1 is 0.672 bits per heavy atom. The molecule has 1 unspecified atom stereocenters. The van der Waals surface area contributed by atoms with Gasteiger partial charge in [0.1, 0.15) is 18.1 Å². The van der Waals surface area contributed by atoms with Crippen molar-refractivity contribution in [3.8, 4) is 0 Å². The number of aliphatic hydroxyl groups excluding tert-OH is 1. The summed E-state index contributed by atoms with van der Waals surface area (Å²) in [7, 11) is -4.41. The van der Waals surface area contributed by atoms with E-state index in [1.807, 2.05) is 13.0 Å². The lowest BCUT2D eigenvalue weighted by molar-refractivity contribution is -0.161. The second-order valence-corrected chi connectivity index (χ2v) is 17.5. The van der Waals surface area contributed by atoms with Crippen LogP contribution in [0.1, 0.15) is 184 Å². The van der Waals surface area contributed by atoms with Crippen molar-refractivity contribution in [2.75, 3.05) is 26.4 Å². The van der Waals surface area contributed by atoms with Crippen LogP contribution in [-0.2, 0) is 45.5 Å². The van der Waals surface area contributed by atoms with Crippen molar-refractivity contribution in [3.63, 3.8) is 0 Å². The highest BCUT2D eigenvalue weighted by atomic mass is 31.2.